The quantitative estimate of drug-likeness (QED) is 0.887. The maximum Gasteiger partial charge on any atom is 0.287 e. The van der Waals surface area contributed by atoms with Gasteiger partial charge in [0.25, 0.3) is 5.91 Å². The fourth-order valence-electron chi connectivity index (χ4n) is 3.31. The number of hydrogen-bond donors (Lipinski definition) is 1. The molecule has 0 spiro atoms. The van der Waals surface area contributed by atoms with Crippen LogP contribution >= 0.6 is 0 Å². The van der Waals surface area contributed by atoms with E-state index in [4.69, 9.17) is 4.42 Å². The minimum absolute atomic E-state index is 0.0104. The van der Waals surface area contributed by atoms with Crippen LogP contribution in [0.1, 0.15) is 58.4 Å². The molecule has 120 valence electrons. The Kier molecular flexibility index (Phi) is 3.43. The van der Waals surface area contributed by atoms with Gasteiger partial charge >= 0.3 is 0 Å². The van der Waals surface area contributed by atoms with Gasteiger partial charge in [0, 0.05) is 18.4 Å². The lowest BCUT2D eigenvalue weighted by atomic mass is 9.94. The zero-order chi connectivity index (χ0) is 16.1. The summed E-state index contributed by atoms with van der Waals surface area (Å²) in [5.74, 6) is 0.282. The van der Waals surface area contributed by atoms with Gasteiger partial charge in [0.15, 0.2) is 21.4 Å². The van der Waals surface area contributed by atoms with Crippen molar-refractivity contribution >= 4 is 21.5 Å². The standard InChI is InChI=1S/C15H19NO5S/c1-9-12-10(17)4-3-5-11(12)21-13(9)14(18)16-15(2)6-7-22(19,20)8-15/h3-8H2,1-2H3,(H,16,18)/t15-/m1/s1. The van der Waals surface area contributed by atoms with Gasteiger partial charge in [-0.05, 0) is 26.7 Å². The second-order valence-electron chi connectivity index (χ2n) is 6.49. The number of fused-ring (bicyclic) bond motifs is 1. The highest BCUT2D eigenvalue weighted by molar-refractivity contribution is 7.91. The van der Waals surface area contributed by atoms with Crippen LogP contribution in [0.2, 0.25) is 0 Å². The molecule has 6 nitrogen and oxygen atoms in total. The molecule has 1 N–H and O–H groups in total. The Bertz CT molecular complexity index is 761. The first-order chi connectivity index (χ1) is 10.2. The Hall–Kier alpha value is -1.63. The van der Waals surface area contributed by atoms with E-state index < -0.39 is 21.3 Å². The maximum absolute atomic E-state index is 12.5. The van der Waals surface area contributed by atoms with Crippen LogP contribution in [0.15, 0.2) is 4.42 Å². The number of Topliss-reactive ketones (excluding diaryl/α,β-unsaturated/α-hetero) is 1. The summed E-state index contributed by atoms with van der Waals surface area (Å²) in [6.07, 6.45) is 2.25. The van der Waals surface area contributed by atoms with E-state index in [1.54, 1.807) is 13.8 Å². The van der Waals surface area contributed by atoms with Gasteiger partial charge in [-0.25, -0.2) is 8.42 Å². The smallest absolute Gasteiger partial charge is 0.287 e. The Morgan fingerprint density at radius 1 is 1.32 bits per heavy atom. The van der Waals surface area contributed by atoms with Gasteiger partial charge in [0.1, 0.15) is 5.76 Å². The van der Waals surface area contributed by atoms with Crippen LogP contribution in [0.5, 0.6) is 0 Å². The molecule has 1 atom stereocenters. The van der Waals surface area contributed by atoms with Crippen molar-refractivity contribution < 1.29 is 22.4 Å². The van der Waals surface area contributed by atoms with Crippen molar-refractivity contribution in [1.82, 2.24) is 5.32 Å². The molecule has 1 amide bonds. The number of hydrogen-bond acceptors (Lipinski definition) is 5. The van der Waals surface area contributed by atoms with Crippen molar-refractivity contribution in [2.45, 2.75) is 45.1 Å². The van der Waals surface area contributed by atoms with Crippen LogP contribution in [0, 0.1) is 6.92 Å². The maximum atomic E-state index is 12.5. The first-order valence-electron chi connectivity index (χ1n) is 7.39. The summed E-state index contributed by atoms with van der Waals surface area (Å²) in [6, 6.07) is 0. The number of furan rings is 1. The molecule has 0 unspecified atom stereocenters. The van der Waals surface area contributed by atoms with Crippen LogP contribution in [0.25, 0.3) is 0 Å². The Morgan fingerprint density at radius 3 is 2.64 bits per heavy atom. The molecule has 0 aromatic carbocycles. The third kappa shape index (κ3) is 2.58. The summed E-state index contributed by atoms with van der Waals surface area (Å²) < 4.78 is 28.8. The van der Waals surface area contributed by atoms with Gasteiger partial charge in [0.05, 0.1) is 22.6 Å². The van der Waals surface area contributed by atoms with Gasteiger partial charge in [-0.1, -0.05) is 0 Å². The van der Waals surface area contributed by atoms with Gasteiger partial charge in [-0.15, -0.1) is 0 Å². The lowest BCUT2D eigenvalue weighted by Crippen LogP contribution is -2.47. The molecule has 1 fully saturated rings. The van der Waals surface area contributed by atoms with Crippen molar-refractivity contribution in [2.24, 2.45) is 0 Å². The molecule has 0 bridgehead atoms. The average Bonchev–Trinajstić information content (AvgIpc) is 2.88. The monoisotopic (exact) mass is 325 g/mol. The Balaban J connectivity index is 1.86. The predicted molar refractivity (Wildman–Crippen MR) is 79.9 cm³/mol. The summed E-state index contributed by atoms with van der Waals surface area (Å²) in [5, 5.41) is 2.77. The molecule has 1 aliphatic heterocycles. The molecule has 1 aromatic heterocycles. The van der Waals surface area contributed by atoms with Crippen LogP contribution in [0.3, 0.4) is 0 Å². The normalized spacial score (nSPS) is 26.7. The fraction of sp³-hybridized carbons (Fsp3) is 0.600. The summed E-state index contributed by atoms with van der Waals surface area (Å²) >= 11 is 0. The van der Waals surface area contributed by atoms with Gasteiger partial charge in [-0.2, -0.15) is 0 Å². The summed E-state index contributed by atoms with van der Waals surface area (Å²) in [4.78, 5) is 24.4. The topological polar surface area (TPSA) is 93.4 Å². The van der Waals surface area contributed by atoms with Crippen molar-refractivity contribution in [3.05, 3.63) is 22.6 Å². The number of rotatable bonds is 2. The van der Waals surface area contributed by atoms with Gasteiger partial charge in [0.2, 0.25) is 0 Å². The second kappa shape index (κ2) is 4.94. The minimum atomic E-state index is -3.10. The number of sulfone groups is 1. The Labute approximate surface area is 129 Å². The summed E-state index contributed by atoms with van der Waals surface area (Å²) in [7, 11) is -3.10. The lowest BCUT2D eigenvalue weighted by molar-refractivity contribution is 0.0882. The first kappa shape index (κ1) is 15.3. The number of aryl methyl sites for hydroxylation is 1. The van der Waals surface area contributed by atoms with Gasteiger partial charge in [-0.3, -0.25) is 9.59 Å². The number of carbonyl (C=O) groups excluding carboxylic acids is 2. The van der Waals surface area contributed by atoms with E-state index in [-0.39, 0.29) is 23.0 Å². The van der Waals surface area contributed by atoms with Crippen LogP contribution < -0.4 is 5.32 Å². The highest BCUT2D eigenvalue weighted by atomic mass is 32.2. The number of nitrogens with one attached hydrogen (secondary N) is 1. The van der Waals surface area contributed by atoms with Crippen LogP contribution in [-0.2, 0) is 16.3 Å². The molecule has 1 saturated heterocycles. The van der Waals surface area contributed by atoms with E-state index in [0.717, 1.165) is 6.42 Å². The van der Waals surface area contributed by atoms with Crippen LogP contribution in [0.4, 0.5) is 0 Å². The third-order valence-corrected chi connectivity index (χ3v) is 6.33. The average molecular weight is 325 g/mol. The predicted octanol–water partition coefficient (Wildman–Crippen LogP) is 1.41. The molecule has 2 aliphatic rings. The van der Waals surface area contributed by atoms with E-state index in [9.17, 15) is 18.0 Å². The van der Waals surface area contributed by atoms with Crippen LogP contribution in [-0.4, -0.2) is 37.2 Å². The van der Waals surface area contributed by atoms with E-state index in [0.29, 0.717) is 36.1 Å². The van der Waals surface area contributed by atoms with E-state index in [2.05, 4.69) is 5.32 Å². The molecule has 7 heteroatoms. The zero-order valence-electron chi connectivity index (χ0n) is 12.7. The molecule has 1 aromatic rings. The summed E-state index contributed by atoms with van der Waals surface area (Å²) in [6.45, 7) is 3.42. The zero-order valence-corrected chi connectivity index (χ0v) is 13.5. The Morgan fingerprint density at radius 2 is 2.05 bits per heavy atom. The molecule has 3 rings (SSSR count). The lowest BCUT2D eigenvalue weighted by Gasteiger charge is -2.23. The molecule has 2 heterocycles. The largest absolute Gasteiger partial charge is 0.455 e. The van der Waals surface area contributed by atoms with Crippen molar-refractivity contribution in [3.8, 4) is 0 Å². The molecular weight excluding hydrogens is 306 g/mol. The number of carbonyl (C=O) groups is 2. The minimum Gasteiger partial charge on any atom is -0.455 e. The highest BCUT2D eigenvalue weighted by Crippen LogP contribution is 2.30. The second-order valence-corrected chi connectivity index (χ2v) is 8.67. The molecule has 22 heavy (non-hydrogen) atoms. The number of amides is 1. The van der Waals surface area contributed by atoms with E-state index >= 15 is 0 Å². The van der Waals surface area contributed by atoms with E-state index in [1.165, 1.54) is 0 Å². The molecule has 0 radical (unpaired) electrons. The van der Waals surface area contributed by atoms with Crippen molar-refractivity contribution in [3.63, 3.8) is 0 Å². The van der Waals surface area contributed by atoms with Gasteiger partial charge < -0.3 is 9.73 Å². The van der Waals surface area contributed by atoms with E-state index in [1.807, 2.05) is 0 Å². The first-order valence-corrected chi connectivity index (χ1v) is 9.21. The number of ketones is 1. The molecule has 1 aliphatic carbocycles. The molecule has 0 saturated carbocycles. The molecular formula is C15H19NO5S. The third-order valence-electron chi connectivity index (χ3n) is 4.43. The van der Waals surface area contributed by atoms with Crippen molar-refractivity contribution in [2.75, 3.05) is 11.5 Å². The SMILES string of the molecule is Cc1c(C(=O)N[C@]2(C)CCS(=O)(=O)C2)oc2c1C(=O)CCC2. The van der Waals surface area contributed by atoms with Crippen molar-refractivity contribution in [1.29, 1.82) is 0 Å². The highest BCUT2D eigenvalue weighted by Gasteiger charge is 2.40. The fourth-order valence-corrected chi connectivity index (χ4v) is 5.40. The summed E-state index contributed by atoms with van der Waals surface area (Å²) in [5.41, 5.74) is 0.307.